The largest absolute Gasteiger partial charge is 0.481 e. The highest BCUT2D eigenvalue weighted by Crippen LogP contribution is 2.04. The minimum Gasteiger partial charge on any atom is -0.481 e. The number of carbonyl (C=O) groups is 1. The van der Waals surface area contributed by atoms with Crippen LogP contribution < -0.4 is 0 Å². The molecule has 0 saturated carbocycles. The van der Waals surface area contributed by atoms with Gasteiger partial charge < -0.3 is 5.11 Å². The van der Waals surface area contributed by atoms with Crippen LogP contribution in [0.3, 0.4) is 0 Å². The second-order valence-electron chi connectivity index (χ2n) is 2.56. The molecule has 0 aliphatic heterocycles. The standard InChI is InChI=1S/C8H16O2.CH4.FH/c1-2-3-4-5-6-7-8(9)10;;/h2-7H2,1H3,(H,9,10);1H4;1H. The molecule has 0 fully saturated rings. The third kappa shape index (κ3) is 16.2. The first kappa shape index (κ1) is 17.5. The molecule has 2 nitrogen and oxygen atoms in total. The first-order chi connectivity index (χ1) is 4.77. The van der Waals surface area contributed by atoms with Crippen molar-refractivity contribution in [2.45, 2.75) is 52.9 Å². The summed E-state index contributed by atoms with van der Waals surface area (Å²) in [6.45, 7) is 2.15. The van der Waals surface area contributed by atoms with E-state index >= 15 is 0 Å². The third-order valence-electron chi connectivity index (χ3n) is 1.49. The van der Waals surface area contributed by atoms with Crippen molar-refractivity contribution in [2.75, 3.05) is 0 Å². The predicted octanol–water partition coefficient (Wildman–Crippen LogP) is 3.22. The van der Waals surface area contributed by atoms with Crippen molar-refractivity contribution in [3.05, 3.63) is 0 Å². The van der Waals surface area contributed by atoms with E-state index in [1.807, 2.05) is 0 Å². The lowest BCUT2D eigenvalue weighted by atomic mass is 10.1. The Morgan fingerprint density at radius 2 is 1.67 bits per heavy atom. The van der Waals surface area contributed by atoms with Crippen LogP contribution in [0, 0.1) is 0 Å². The van der Waals surface area contributed by atoms with E-state index in [2.05, 4.69) is 6.92 Å². The maximum Gasteiger partial charge on any atom is 0.303 e. The van der Waals surface area contributed by atoms with Gasteiger partial charge in [0.25, 0.3) is 0 Å². The van der Waals surface area contributed by atoms with Crippen LogP contribution in [0.25, 0.3) is 0 Å². The van der Waals surface area contributed by atoms with Crippen molar-refractivity contribution >= 4 is 5.97 Å². The highest BCUT2D eigenvalue weighted by Gasteiger charge is 1.94. The smallest absolute Gasteiger partial charge is 0.303 e. The summed E-state index contributed by atoms with van der Waals surface area (Å²) >= 11 is 0. The van der Waals surface area contributed by atoms with Crippen molar-refractivity contribution in [1.82, 2.24) is 0 Å². The molecule has 0 bridgehead atoms. The summed E-state index contributed by atoms with van der Waals surface area (Å²) in [6.07, 6.45) is 5.88. The van der Waals surface area contributed by atoms with Crippen LogP contribution in [0.1, 0.15) is 52.9 Å². The zero-order chi connectivity index (χ0) is 7.82. The molecule has 0 rings (SSSR count). The molecule has 0 aromatic carbocycles. The van der Waals surface area contributed by atoms with E-state index in [9.17, 15) is 4.79 Å². The van der Waals surface area contributed by atoms with E-state index < -0.39 is 5.97 Å². The molecule has 0 unspecified atom stereocenters. The molecule has 1 N–H and O–H groups in total. The highest BCUT2D eigenvalue weighted by molar-refractivity contribution is 5.66. The summed E-state index contributed by atoms with van der Waals surface area (Å²) < 4.78 is 0. The summed E-state index contributed by atoms with van der Waals surface area (Å²) in [4.78, 5) is 10.0. The molecular formula is C9H21FO2. The van der Waals surface area contributed by atoms with Crippen molar-refractivity contribution in [1.29, 1.82) is 0 Å². The molecule has 76 valence electrons. The van der Waals surface area contributed by atoms with Gasteiger partial charge in [-0.2, -0.15) is 0 Å². The lowest BCUT2D eigenvalue weighted by molar-refractivity contribution is -0.137. The van der Waals surface area contributed by atoms with Crippen LogP contribution in [-0.2, 0) is 4.79 Å². The van der Waals surface area contributed by atoms with Gasteiger partial charge in [-0.25, -0.2) is 0 Å². The Hall–Kier alpha value is -0.600. The van der Waals surface area contributed by atoms with Gasteiger partial charge in [0, 0.05) is 6.42 Å². The van der Waals surface area contributed by atoms with Gasteiger partial charge in [0.05, 0.1) is 0 Å². The van der Waals surface area contributed by atoms with Crippen LogP contribution in [-0.4, -0.2) is 11.1 Å². The van der Waals surface area contributed by atoms with E-state index in [1.165, 1.54) is 19.3 Å². The molecule has 0 atom stereocenters. The minimum atomic E-state index is -0.670. The van der Waals surface area contributed by atoms with Crippen molar-refractivity contribution < 1.29 is 14.6 Å². The Kier molecular flexibility index (Phi) is 19.0. The Bertz CT molecular complexity index is 94.5. The first-order valence-corrected chi connectivity index (χ1v) is 3.99. The van der Waals surface area contributed by atoms with Gasteiger partial charge in [0.2, 0.25) is 0 Å². The van der Waals surface area contributed by atoms with Crippen LogP contribution in [0.5, 0.6) is 0 Å². The van der Waals surface area contributed by atoms with Crippen LogP contribution in [0.15, 0.2) is 0 Å². The fraction of sp³-hybridized carbons (Fsp3) is 0.889. The zero-order valence-electron chi connectivity index (χ0n) is 7.01. The molecular weight excluding hydrogens is 159 g/mol. The monoisotopic (exact) mass is 180 g/mol. The van der Waals surface area contributed by atoms with Crippen molar-refractivity contribution in [3.8, 4) is 0 Å². The molecule has 0 amide bonds. The number of halogens is 1. The van der Waals surface area contributed by atoms with Crippen molar-refractivity contribution in [2.24, 2.45) is 0 Å². The second kappa shape index (κ2) is 13.0. The highest BCUT2D eigenvalue weighted by atomic mass is 19.0. The maximum atomic E-state index is 10.0. The quantitative estimate of drug-likeness (QED) is 0.637. The Balaban J connectivity index is -0.000000405. The fourth-order valence-corrected chi connectivity index (χ4v) is 0.880. The molecule has 0 spiro atoms. The minimum absolute atomic E-state index is 0. The van der Waals surface area contributed by atoms with Gasteiger partial charge in [-0.15, -0.1) is 0 Å². The number of hydrogen-bond acceptors (Lipinski definition) is 1. The van der Waals surface area contributed by atoms with E-state index in [1.54, 1.807) is 0 Å². The number of unbranched alkanes of at least 4 members (excludes halogenated alkanes) is 4. The molecule has 12 heavy (non-hydrogen) atoms. The SMILES string of the molecule is C.CCCCCCCC(=O)O.F. The Morgan fingerprint density at radius 3 is 2.08 bits per heavy atom. The van der Waals surface area contributed by atoms with Crippen LogP contribution in [0.4, 0.5) is 4.70 Å². The van der Waals surface area contributed by atoms with E-state index in [-0.39, 0.29) is 12.1 Å². The predicted molar refractivity (Wildman–Crippen MR) is 50.2 cm³/mol. The normalized spacial score (nSPS) is 8.08. The van der Waals surface area contributed by atoms with E-state index in [0.29, 0.717) is 6.42 Å². The van der Waals surface area contributed by atoms with Crippen molar-refractivity contribution in [3.63, 3.8) is 0 Å². The second-order valence-corrected chi connectivity index (χ2v) is 2.56. The summed E-state index contributed by atoms with van der Waals surface area (Å²) in [7, 11) is 0. The van der Waals surface area contributed by atoms with E-state index in [0.717, 1.165) is 12.8 Å². The molecule has 3 heteroatoms. The zero-order valence-corrected chi connectivity index (χ0v) is 7.01. The number of hydrogen-bond donors (Lipinski definition) is 1. The fourth-order valence-electron chi connectivity index (χ4n) is 0.880. The number of carboxylic acid groups (broad SMARTS) is 1. The summed E-state index contributed by atoms with van der Waals surface area (Å²) in [6, 6.07) is 0. The molecule has 0 radical (unpaired) electrons. The number of carboxylic acids is 1. The maximum absolute atomic E-state index is 10.0. The molecule has 0 heterocycles. The van der Waals surface area contributed by atoms with Gasteiger partial charge >= 0.3 is 5.97 Å². The molecule has 0 saturated heterocycles. The van der Waals surface area contributed by atoms with Crippen LogP contribution >= 0.6 is 0 Å². The molecule has 0 aromatic rings. The van der Waals surface area contributed by atoms with Gasteiger partial charge in [-0.1, -0.05) is 40.0 Å². The average molecular weight is 180 g/mol. The van der Waals surface area contributed by atoms with Gasteiger partial charge in [0.1, 0.15) is 0 Å². The topological polar surface area (TPSA) is 37.3 Å². The molecule has 0 aliphatic rings. The summed E-state index contributed by atoms with van der Waals surface area (Å²) in [5, 5.41) is 8.27. The van der Waals surface area contributed by atoms with Crippen LogP contribution in [0.2, 0.25) is 0 Å². The molecule has 0 aliphatic carbocycles. The van der Waals surface area contributed by atoms with Gasteiger partial charge in [-0.3, -0.25) is 9.50 Å². The summed E-state index contributed by atoms with van der Waals surface area (Å²) in [5.74, 6) is -0.670. The summed E-state index contributed by atoms with van der Waals surface area (Å²) in [5.41, 5.74) is 0. The lowest BCUT2D eigenvalue weighted by Gasteiger charge is -1.95. The Labute approximate surface area is 74.3 Å². The number of aliphatic carboxylic acids is 1. The van der Waals surface area contributed by atoms with Gasteiger partial charge in [0.15, 0.2) is 0 Å². The average Bonchev–Trinajstić information content (AvgIpc) is 1.87. The number of rotatable bonds is 6. The Morgan fingerprint density at radius 1 is 1.17 bits per heavy atom. The molecule has 0 aromatic heterocycles. The third-order valence-corrected chi connectivity index (χ3v) is 1.49. The first-order valence-electron chi connectivity index (χ1n) is 3.99. The van der Waals surface area contributed by atoms with Gasteiger partial charge in [-0.05, 0) is 6.42 Å². The lowest BCUT2D eigenvalue weighted by Crippen LogP contribution is -1.93. The van der Waals surface area contributed by atoms with E-state index in [4.69, 9.17) is 5.11 Å².